The smallest absolute Gasteiger partial charge is 0.102 e. The molecule has 27 heavy (non-hydrogen) atoms. The van der Waals surface area contributed by atoms with E-state index < -0.39 is 0 Å². The first-order valence-electron chi connectivity index (χ1n) is 9.11. The van der Waals surface area contributed by atoms with E-state index in [0.29, 0.717) is 0 Å². The van der Waals surface area contributed by atoms with Gasteiger partial charge in [-0.2, -0.15) is 5.10 Å². The fourth-order valence-electron chi connectivity index (χ4n) is 3.58. The number of rotatable bonds is 2. The number of aryl methyl sites for hydroxylation is 2. The summed E-state index contributed by atoms with van der Waals surface area (Å²) in [6, 6.07) is 25.2. The van der Waals surface area contributed by atoms with Crippen molar-refractivity contribution in [1.82, 2.24) is 14.8 Å². The Morgan fingerprint density at radius 1 is 0.741 bits per heavy atom. The largest absolute Gasteiger partial charge is 0.255 e. The van der Waals surface area contributed by atoms with Gasteiger partial charge in [0.1, 0.15) is 5.69 Å². The maximum Gasteiger partial charge on any atom is 0.102 e. The number of aromatic nitrogens is 3. The number of nitrogens with zero attached hydrogens (tertiary/aromatic N) is 3. The molecule has 0 unspecified atom stereocenters. The van der Waals surface area contributed by atoms with Crippen LogP contribution in [0.4, 0.5) is 0 Å². The molecular formula is C24H19N3. The fraction of sp³-hybridized carbons (Fsp3) is 0.0833. The maximum atomic E-state index is 5.02. The summed E-state index contributed by atoms with van der Waals surface area (Å²) in [5, 5.41) is 7.21. The van der Waals surface area contributed by atoms with E-state index in [1.54, 1.807) is 0 Å². The van der Waals surface area contributed by atoms with Crippen molar-refractivity contribution in [3.63, 3.8) is 0 Å². The van der Waals surface area contributed by atoms with Gasteiger partial charge >= 0.3 is 0 Å². The monoisotopic (exact) mass is 349 g/mol. The molecule has 0 radical (unpaired) electrons. The van der Waals surface area contributed by atoms with Crippen LogP contribution in [0.2, 0.25) is 0 Å². The molecule has 0 spiro atoms. The highest BCUT2D eigenvalue weighted by Gasteiger charge is 2.17. The second-order valence-corrected chi connectivity index (χ2v) is 7.00. The quantitative estimate of drug-likeness (QED) is 0.400. The van der Waals surface area contributed by atoms with Gasteiger partial charge in [-0.3, -0.25) is 4.98 Å². The summed E-state index contributed by atoms with van der Waals surface area (Å²) in [5.41, 5.74) is 7.67. The molecular weight excluding hydrogens is 330 g/mol. The van der Waals surface area contributed by atoms with E-state index in [2.05, 4.69) is 68.4 Å². The van der Waals surface area contributed by atoms with E-state index in [9.17, 15) is 0 Å². The van der Waals surface area contributed by atoms with Crippen molar-refractivity contribution in [2.24, 2.45) is 0 Å². The highest BCUT2D eigenvalue weighted by atomic mass is 15.3. The molecule has 2 heterocycles. The molecule has 3 nitrogen and oxygen atoms in total. The van der Waals surface area contributed by atoms with Crippen LogP contribution >= 0.6 is 0 Å². The second kappa shape index (κ2) is 6.06. The van der Waals surface area contributed by atoms with E-state index in [1.807, 2.05) is 29.1 Å². The number of benzene rings is 3. The van der Waals surface area contributed by atoms with Gasteiger partial charge < -0.3 is 0 Å². The Kier molecular flexibility index (Phi) is 3.54. The molecule has 2 aromatic heterocycles. The molecule has 0 amide bonds. The van der Waals surface area contributed by atoms with Gasteiger partial charge in [-0.15, -0.1) is 0 Å². The minimum Gasteiger partial charge on any atom is -0.255 e. The molecule has 0 aliphatic rings. The van der Waals surface area contributed by atoms with Crippen LogP contribution in [0.25, 0.3) is 38.8 Å². The molecule has 3 heteroatoms. The summed E-state index contributed by atoms with van der Waals surface area (Å²) in [5.74, 6) is 0. The number of hydrogen-bond acceptors (Lipinski definition) is 2. The van der Waals surface area contributed by atoms with Crippen molar-refractivity contribution in [3.05, 3.63) is 90.1 Å². The number of pyridine rings is 1. The molecule has 5 aromatic rings. The van der Waals surface area contributed by atoms with Gasteiger partial charge in [0.25, 0.3) is 0 Å². The van der Waals surface area contributed by atoms with Crippen molar-refractivity contribution in [3.8, 4) is 16.9 Å². The summed E-state index contributed by atoms with van der Waals surface area (Å²) in [7, 11) is 0. The lowest BCUT2D eigenvalue weighted by Crippen LogP contribution is -1.97. The van der Waals surface area contributed by atoms with Crippen molar-refractivity contribution < 1.29 is 0 Å². The predicted molar refractivity (Wildman–Crippen MR) is 111 cm³/mol. The molecule has 0 saturated heterocycles. The third-order valence-electron chi connectivity index (χ3n) is 4.99. The van der Waals surface area contributed by atoms with Gasteiger partial charge in [0.15, 0.2) is 0 Å². The normalized spacial score (nSPS) is 11.3. The maximum absolute atomic E-state index is 5.02. The van der Waals surface area contributed by atoms with Crippen LogP contribution in [-0.4, -0.2) is 14.8 Å². The number of hydrogen-bond donors (Lipinski definition) is 0. The topological polar surface area (TPSA) is 30.7 Å². The molecule has 5 rings (SSSR count). The zero-order valence-electron chi connectivity index (χ0n) is 15.3. The van der Waals surface area contributed by atoms with E-state index in [4.69, 9.17) is 10.1 Å². The molecule has 0 aliphatic heterocycles. The first-order valence-corrected chi connectivity index (χ1v) is 9.11. The Labute approximate surface area is 157 Å². The minimum absolute atomic E-state index is 0.963. The van der Waals surface area contributed by atoms with Crippen LogP contribution in [0.3, 0.4) is 0 Å². The van der Waals surface area contributed by atoms with Gasteiger partial charge in [-0.05, 0) is 38.1 Å². The number of para-hydroxylation sites is 1. The lowest BCUT2D eigenvalue weighted by Gasteiger charge is -2.06. The predicted octanol–water partition coefficient (Wildman–Crippen LogP) is 5.86. The van der Waals surface area contributed by atoms with Crippen molar-refractivity contribution >= 4 is 21.8 Å². The molecule has 3 aromatic carbocycles. The van der Waals surface area contributed by atoms with Crippen molar-refractivity contribution in [1.29, 1.82) is 0 Å². The Morgan fingerprint density at radius 3 is 2.26 bits per heavy atom. The van der Waals surface area contributed by atoms with Gasteiger partial charge in [0.05, 0.1) is 16.7 Å². The third-order valence-corrected chi connectivity index (χ3v) is 4.99. The molecule has 0 aliphatic carbocycles. The first kappa shape index (κ1) is 15.8. The molecule has 0 saturated carbocycles. The first-order chi connectivity index (χ1) is 13.2. The average Bonchev–Trinajstić information content (AvgIpc) is 3.09. The molecule has 0 N–H and O–H groups in total. The Morgan fingerprint density at radius 2 is 1.48 bits per heavy atom. The van der Waals surface area contributed by atoms with Crippen molar-refractivity contribution in [2.75, 3.05) is 0 Å². The van der Waals surface area contributed by atoms with Crippen LogP contribution < -0.4 is 0 Å². The van der Waals surface area contributed by atoms with E-state index in [-0.39, 0.29) is 0 Å². The van der Waals surface area contributed by atoms with Gasteiger partial charge in [-0.25, -0.2) is 4.68 Å². The number of fused-ring (bicyclic) bond motifs is 3. The van der Waals surface area contributed by atoms with Crippen LogP contribution in [0, 0.1) is 13.8 Å². The molecule has 130 valence electrons. The van der Waals surface area contributed by atoms with Crippen LogP contribution in [0.15, 0.2) is 79.0 Å². The minimum atomic E-state index is 0.963. The fourth-order valence-corrected chi connectivity index (χ4v) is 3.58. The lowest BCUT2D eigenvalue weighted by molar-refractivity contribution is 0.917. The van der Waals surface area contributed by atoms with Gasteiger partial charge in [0, 0.05) is 22.5 Å². The summed E-state index contributed by atoms with van der Waals surface area (Å²) < 4.78 is 2.05. The second-order valence-electron chi connectivity index (χ2n) is 7.00. The zero-order chi connectivity index (χ0) is 18.4. The Bertz CT molecular complexity index is 1270. The van der Waals surface area contributed by atoms with E-state index in [1.165, 1.54) is 11.1 Å². The van der Waals surface area contributed by atoms with Crippen molar-refractivity contribution in [2.45, 2.75) is 13.8 Å². The Balaban J connectivity index is 1.91. The third kappa shape index (κ3) is 2.59. The van der Waals surface area contributed by atoms with E-state index >= 15 is 0 Å². The lowest BCUT2D eigenvalue weighted by atomic mass is 10.0. The summed E-state index contributed by atoms with van der Waals surface area (Å²) in [6.07, 6.45) is 1.95. The summed E-state index contributed by atoms with van der Waals surface area (Å²) >= 11 is 0. The highest BCUT2D eigenvalue weighted by Crippen LogP contribution is 2.34. The summed E-state index contributed by atoms with van der Waals surface area (Å²) in [6.45, 7) is 4.21. The van der Waals surface area contributed by atoms with E-state index in [0.717, 1.165) is 38.8 Å². The Hall–Kier alpha value is -3.46. The SMILES string of the molecule is Cc1ccc(-c2nn(-c3ccccc3)c3c2cnc2ccc(C)cc23)cc1. The van der Waals surface area contributed by atoms with Crippen LogP contribution in [0.5, 0.6) is 0 Å². The van der Waals surface area contributed by atoms with Crippen LogP contribution in [-0.2, 0) is 0 Å². The van der Waals surface area contributed by atoms with Crippen LogP contribution in [0.1, 0.15) is 11.1 Å². The highest BCUT2D eigenvalue weighted by molar-refractivity contribution is 6.08. The molecule has 0 atom stereocenters. The zero-order valence-corrected chi connectivity index (χ0v) is 15.3. The summed E-state index contributed by atoms with van der Waals surface area (Å²) in [4.78, 5) is 4.71. The average molecular weight is 349 g/mol. The standard InChI is InChI=1S/C24H19N3/c1-16-8-11-18(12-9-16)23-21-15-25-22-13-10-17(2)14-20(22)24(21)27(26-23)19-6-4-3-5-7-19/h3-15H,1-2H3. The molecule has 0 fully saturated rings. The van der Waals surface area contributed by atoms with Gasteiger partial charge in [0.2, 0.25) is 0 Å². The molecule has 0 bridgehead atoms. The van der Waals surface area contributed by atoms with Gasteiger partial charge in [-0.1, -0.05) is 59.7 Å².